The number of sulfonamides is 1. The largest absolute Gasteiger partial charge is 0.346 e. The van der Waals surface area contributed by atoms with Gasteiger partial charge in [0, 0.05) is 24.8 Å². The molecule has 0 radical (unpaired) electrons. The van der Waals surface area contributed by atoms with Gasteiger partial charge in [-0.05, 0) is 81.0 Å². The first-order valence-electron chi connectivity index (χ1n) is 10.3. The zero-order chi connectivity index (χ0) is 22.8. The van der Waals surface area contributed by atoms with E-state index in [1.165, 1.54) is 4.31 Å². The molecule has 1 atom stereocenters. The van der Waals surface area contributed by atoms with Crippen LogP contribution in [-0.2, 0) is 19.6 Å². The summed E-state index contributed by atoms with van der Waals surface area (Å²) in [6.07, 6.45) is 1.34. The number of hydrogen-bond acceptors (Lipinski definition) is 4. The molecule has 2 aromatic rings. The summed E-state index contributed by atoms with van der Waals surface area (Å²) < 4.78 is 27.9. The highest BCUT2D eigenvalue weighted by Gasteiger charge is 2.36. The number of anilines is 1. The molecule has 3 rings (SSSR count). The molecule has 1 aliphatic heterocycles. The lowest BCUT2D eigenvalue weighted by Gasteiger charge is -2.25. The molecular weight excluding hydrogens is 414 g/mol. The molecule has 0 bridgehead atoms. The van der Waals surface area contributed by atoms with E-state index < -0.39 is 21.8 Å². The molecule has 0 aliphatic carbocycles. The first kappa shape index (κ1) is 23.0. The van der Waals surface area contributed by atoms with Gasteiger partial charge in [-0.15, -0.1) is 0 Å². The van der Waals surface area contributed by atoms with Crippen molar-refractivity contribution in [2.45, 2.75) is 51.5 Å². The van der Waals surface area contributed by atoms with Gasteiger partial charge in [0.25, 0.3) is 0 Å². The molecule has 7 nitrogen and oxygen atoms in total. The Bertz CT molecular complexity index is 1110. The van der Waals surface area contributed by atoms with E-state index >= 15 is 0 Å². The minimum absolute atomic E-state index is 0.0866. The van der Waals surface area contributed by atoms with Gasteiger partial charge < -0.3 is 10.6 Å². The third kappa shape index (κ3) is 5.14. The normalized spacial score (nSPS) is 16.8. The third-order valence-corrected chi connectivity index (χ3v) is 7.82. The summed E-state index contributed by atoms with van der Waals surface area (Å²) in [5.41, 5.74) is 4.21. The van der Waals surface area contributed by atoms with Gasteiger partial charge in [0.2, 0.25) is 10.0 Å². The number of amides is 2. The van der Waals surface area contributed by atoms with Crippen LogP contribution in [0.1, 0.15) is 35.1 Å². The van der Waals surface area contributed by atoms with Crippen molar-refractivity contribution >= 4 is 27.5 Å². The average Bonchev–Trinajstić information content (AvgIpc) is 3.20. The topological polar surface area (TPSA) is 95.6 Å². The molecule has 0 aromatic heterocycles. The summed E-state index contributed by atoms with van der Waals surface area (Å²) in [4.78, 5) is 24.8. The summed E-state index contributed by atoms with van der Waals surface area (Å²) in [5.74, 6) is -1.56. The number of benzene rings is 2. The van der Waals surface area contributed by atoms with Crippen LogP contribution in [0.5, 0.6) is 0 Å². The van der Waals surface area contributed by atoms with Gasteiger partial charge in [0.15, 0.2) is 0 Å². The van der Waals surface area contributed by atoms with Crippen molar-refractivity contribution in [2.75, 3.05) is 18.4 Å². The smallest absolute Gasteiger partial charge is 0.313 e. The molecule has 1 saturated heterocycles. The van der Waals surface area contributed by atoms with E-state index in [9.17, 15) is 18.0 Å². The number of nitrogens with one attached hydrogen (secondary N) is 2. The Hall–Kier alpha value is -2.71. The second-order valence-electron chi connectivity index (χ2n) is 8.14. The summed E-state index contributed by atoms with van der Waals surface area (Å²) in [6, 6.07) is 10.4. The summed E-state index contributed by atoms with van der Waals surface area (Å²) >= 11 is 0. The van der Waals surface area contributed by atoms with Gasteiger partial charge in [-0.1, -0.05) is 18.2 Å². The van der Waals surface area contributed by atoms with E-state index in [0.29, 0.717) is 35.5 Å². The van der Waals surface area contributed by atoms with Crippen LogP contribution in [0, 0.1) is 27.7 Å². The maximum absolute atomic E-state index is 13.2. The van der Waals surface area contributed by atoms with Crippen LogP contribution in [0.4, 0.5) is 5.69 Å². The molecule has 1 heterocycles. The van der Waals surface area contributed by atoms with Crippen LogP contribution in [0.3, 0.4) is 0 Å². The monoisotopic (exact) mass is 443 g/mol. The Kier molecular flexibility index (Phi) is 6.81. The van der Waals surface area contributed by atoms with Gasteiger partial charge in [-0.25, -0.2) is 8.42 Å². The number of rotatable bonds is 5. The number of carbonyl (C=O) groups is 2. The minimum atomic E-state index is -3.69. The molecule has 2 aromatic carbocycles. The molecule has 31 heavy (non-hydrogen) atoms. The number of nitrogens with zero attached hydrogens (tertiary/aromatic N) is 1. The van der Waals surface area contributed by atoms with Gasteiger partial charge in [0.1, 0.15) is 0 Å². The SMILES string of the molecule is Cc1ccc(C)c(S(=O)(=O)N2CCCC2CNC(=O)C(=O)Nc2ccc(C)c(C)c2)c1. The number of carbonyl (C=O) groups excluding carboxylic acids is 2. The van der Waals surface area contributed by atoms with E-state index in [-0.39, 0.29) is 12.6 Å². The van der Waals surface area contributed by atoms with Crippen molar-refractivity contribution in [3.8, 4) is 0 Å². The molecule has 0 saturated carbocycles. The van der Waals surface area contributed by atoms with Crippen molar-refractivity contribution in [2.24, 2.45) is 0 Å². The fraction of sp³-hybridized carbons (Fsp3) is 0.391. The Morgan fingerprint density at radius 2 is 1.68 bits per heavy atom. The molecule has 0 spiro atoms. The predicted octanol–water partition coefficient (Wildman–Crippen LogP) is 2.83. The van der Waals surface area contributed by atoms with E-state index in [0.717, 1.165) is 16.7 Å². The molecule has 1 aliphatic rings. The first-order chi connectivity index (χ1) is 14.6. The van der Waals surface area contributed by atoms with Gasteiger partial charge in [0.05, 0.1) is 4.90 Å². The molecule has 1 fully saturated rings. The summed E-state index contributed by atoms with van der Waals surface area (Å²) in [5, 5.41) is 5.18. The predicted molar refractivity (Wildman–Crippen MR) is 120 cm³/mol. The third-order valence-electron chi connectivity index (χ3n) is 5.72. The fourth-order valence-electron chi connectivity index (χ4n) is 3.74. The van der Waals surface area contributed by atoms with Crippen LogP contribution in [-0.4, -0.2) is 43.7 Å². The van der Waals surface area contributed by atoms with Crippen LogP contribution in [0.15, 0.2) is 41.3 Å². The van der Waals surface area contributed by atoms with Gasteiger partial charge in [-0.3, -0.25) is 9.59 Å². The second kappa shape index (κ2) is 9.20. The molecule has 8 heteroatoms. The van der Waals surface area contributed by atoms with Crippen molar-refractivity contribution in [3.63, 3.8) is 0 Å². The lowest BCUT2D eigenvalue weighted by atomic mass is 10.1. The molecule has 1 unspecified atom stereocenters. The van der Waals surface area contributed by atoms with Crippen LogP contribution < -0.4 is 10.6 Å². The summed E-state index contributed by atoms with van der Waals surface area (Å²) in [7, 11) is -3.69. The Morgan fingerprint density at radius 1 is 0.968 bits per heavy atom. The van der Waals surface area contributed by atoms with Crippen molar-refractivity contribution in [1.82, 2.24) is 9.62 Å². The van der Waals surface area contributed by atoms with Crippen LogP contribution in [0.25, 0.3) is 0 Å². The van der Waals surface area contributed by atoms with E-state index in [1.807, 2.05) is 32.9 Å². The molecule has 2 N–H and O–H groups in total. The Balaban J connectivity index is 1.65. The van der Waals surface area contributed by atoms with Crippen molar-refractivity contribution in [3.05, 3.63) is 58.7 Å². The maximum atomic E-state index is 13.2. The van der Waals surface area contributed by atoms with Crippen molar-refractivity contribution < 1.29 is 18.0 Å². The molecule has 2 amide bonds. The van der Waals surface area contributed by atoms with Crippen molar-refractivity contribution in [1.29, 1.82) is 0 Å². The highest BCUT2D eigenvalue weighted by Crippen LogP contribution is 2.28. The van der Waals surface area contributed by atoms with E-state index in [1.54, 1.807) is 31.2 Å². The Morgan fingerprint density at radius 3 is 2.39 bits per heavy atom. The maximum Gasteiger partial charge on any atom is 0.313 e. The first-order valence-corrected chi connectivity index (χ1v) is 11.8. The Labute approximate surface area is 183 Å². The average molecular weight is 444 g/mol. The van der Waals surface area contributed by atoms with Crippen LogP contribution in [0.2, 0.25) is 0 Å². The fourth-order valence-corrected chi connectivity index (χ4v) is 5.74. The molecular formula is C23H29N3O4S. The minimum Gasteiger partial charge on any atom is -0.346 e. The lowest BCUT2D eigenvalue weighted by molar-refractivity contribution is -0.136. The number of aryl methyl sites for hydroxylation is 4. The van der Waals surface area contributed by atoms with E-state index in [4.69, 9.17) is 0 Å². The van der Waals surface area contributed by atoms with Crippen LogP contribution >= 0.6 is 0 Å². The van der Waals surface area contributed by atoms with Gasteiger partial charge >= 0.3 is 11.8 Å². The molecule has 166 valence electrons. The second-order valence-corrected chi connectivity index (χ2v) is 10.0. The standard InChI is InChI=1S/C23H29N3O4S/c1-15-7-8-17(3)21(12-15)31(29,30)26-11-5-6-20(26)14-24-22(27)23(28)25-19-10-9-16(2)18(4)13-19/h7-10,12-13,20H,5-6,11,14H2,1-4H3,(H,24,27)(H,25,28). The zero-order valence-electron chi connectivity index (χ0n) is 18.4. The highest BCUT2D eigenvalue weighted by atomic mass is 32.2. The highest BCUT2D eigenvalue weighted by molar-refractivity contribution is 7.89. The lowest BCUT2D eigenvalue weighted by Crippen LogP contribution is -2.45. The zero-order valence-corrected chi connectivity index (χ0v) is 19.2. The quantitative estimate of drug-likeness (QED) is 0.695. The van der Waals surface area contributed by atoms with Gasteiger partial charge in [-0.2, -0.15) is 4.31 Å². The summed E-state index contributed by atoms with van der Waals surface area (Å²) in [6.45, 7) is 8.00. The number of hydrogen-bond donors (Lipinski definition) is 2. The van der Waals surface area contributed by atoms with E-state index in [2.05, 4.69) is 10.6 Å².